The Hall–Kier alpha value is -2.87. The van der Waals surface area contributed by atoms with Crippen LogP contribution in [0.5, 0.6) is 5.88 Å². The van der Waals surface area contributed by atoms with E-state index in [4.69, 9.17) is 14.2 Å². The zero-order valence-electron chi connectivity index (χ0n) is 21.0. The lowest BCUT2D eigenvalue weighted by atomic mass is 9.83. The van der Waals surface area contributed by atoms with Crippen LogP contribution in [0.1, 0.15) is 45.4 Å². The number of halogens is 1. The fourth-order valence-corrected chi connectivity index (χ4v) is 4.82. The fourth-order valence-electron chi connectivity index (χ4n) is 4.82. The van der Waals surface area contributed by atoms with Gasteiger partial charge in [0.1, 0.15) is 12.3 Å². The highest BCUT2D eigenvalue weighted by Crippen LogP contribution is 2.31. The minimum Gasteiger partial charge on any atom is -0.476 e. The lowest BCUT2D eigenvalue weighted by molar-refractivity contribution is 0.0183. The van der Waals surface area contributed by atoms with Crippen LogP contribution in [0.3, 0.4) is 0 Å². The molecule has 0 bridgehead atoms. The van der Waals surface area contributed by atoms with Gasteiger partial charge in [-0.3, -0.25) is 0 Å². The molecule has 36 heavy (non-hydrogen) atoms. The highest BCUT2D eigenvalue weighted by Gasteiger charge is 2.34. The van der Waals surface area contributed by atoms with E-state index in [9.17, 15) is 9.65 Å². The van der Waals surface area contributed by atoms with E-state index in [0.29, 0.717) is 62.1 Å². The molecule has 2 aliphatic rings. The van der Waals surface area contributed by atoms with Gasteiger partial charge in [-0.25, -0.2) is 19.3 Å². The van der Waals surface area contributed by atoms with Crippen LogP contribution in [0.2, 0.25) is 0 Å². The van der Waals surface area contributed by atoms with E-state index in [0.717, 1.165) is 25.7 Å². The summed E-state index contributed by atoms with van der Waals surface area (Å²) < 4.78 is 31.1. The van der Waals surface area contributed by atoms with Crippen LogP contribution < -0.4 is 15.4 Å². The number of ether oxygens (including phenoxy) is 3. The SMILES string of the molecule is COCC(C)NC1CCC(Nc2ncc(F)c(-c3ccnc(OCC4(C#N)CCOCC4)c3)n2)CC1. The predicted molar refractivity (Wildman–Crippen MR) is 133 cm³/mol. The van der Waals surface area contributed by atoms with Crippen molar-refractivity contribution in [2.75, 3.05) is 38.9 Å². The number of nitrogens with zero attached hydrogens (tertiary/aromatic N) is 4. The van der Waals surface area contributed by atoms with Crippen molar-refractivity contribution in [2.45, 2.75) is 63.6 Å². The molecule has 1 atom stereocenters. The Morgan fingerprint density at radius 1 is 1.22 bits per heavy atom. The molecule has 9 nitrogen and oxygen atoms in total. The molecule has 3 heterocycles. The molecule has 194 valence electrons. The van der Waals surface area contributed by atoms with Crippen molar-refractivity contribution in [2.24, 2.45) is 5.41 Å². The Balaban J connectivity index is 1.37. The molecule has 2 fully saturated rings. The summed E-state index contributed by atoms with van der Waals surface area (Å²) in [4.78, 5) is 12.9. The topological polar surface area (TPSA) is 114 Å². The second-order valence-electron chi connectivity index (χ2n) is 9.78. The van der Waals surface area contributed by atoms with Gasteiger partial charge in [0.25, 0.3) is 0 Å². The Morgan fingerprint density at radius 2 is 1.97 bits per heavy atom. The van der Waals surface area contributed by atoms with E-state index in [1.165, 1.54) is 6.20 Å². The number of aromatic nitrogens is 3. The molecule has 2 aromatic rings. The minimum absolute atomic E-state index is 0.185. The molecule has 1 saturated heterocycles. The number of hydrogen-bond donors (Lipinski definition) is 2. The summed E-state index contributed by atoms with van der Waals surface area (Å²) in [6.45, 7) is 4.11. The Kier molecular flexibility index (Phi) is 9.02. The normalized spacial score (nSPS) is 22.4. The number of anilines is 1. The van der Waals surface area contributed by atoms with Crippen LogP contribution in [0, 0.1) is 22.6 Å². The molecule has 1 unspecified atom stereocenters. The Labute approximate surface area is 211 Å². The Morgan fingerprint density at radius 3 is 2.69 bits per heavy atom. The first-order valence-corrected chi connectivity index (χ1v) is 12.6. The first-order valence-electron chi connectivity index (χ1n) is 12.6. The Bertz CT molecular complexity index is 1030. The van der Waals surface area contributed by atoms with E-state index >= 15 is 0 Å². The molecule has 1 aliphatic carbocycles. The van der Waals surface area contributed by atoms with Gasteiger partial charge in [-0.1, -0.05) is 0 Å². The van der Waals surface area contributed by atoms with Crippen molar-refractivity contribution >= 4 is 5.95 Å². The summed E-state index contributed by atoms with van der Waals surface area (Å²) in [7, 11) is 1.72. The molecule has 2 aromatic heterocycles. The molecule has 0 spiro atoms. The monoisotopic (exact) mass is 498 g/mol. The van der Waals surface area contributed by atoms with Crippen LogP contribution in [0.4, 0.5) is 10.3 Å². The number of methoxy groups -OCH3 is 1. The van der Waals surface area contributed by atoms with Gasteiger partial charge >= 0.3 is 0 Å². The predicted octanol–water partition coefficient (Wildman–Crippen LogP) is 3.72. The molecule has 10 heteroatoms. The third-order valence-corrected chi connectivity index (χ3v) is 6.93. The standard InChI is InChI=1S/C26H35FN6O3/c1-18(15-34-2)31-20-3-5-21(6-4-20)32-25-30-14-22(27)24(33-25)19-7-10-29-23(13-19)36-17-26(16-28)8-11-35-12-9-26/h7,10,13-14,18,20-21,31H,3-6,8-9,11-12,15,17H2,1-2H3,(H,30,32,33). The summed E-state index contributed by atoms with van der Waals surface area (Å²) in [6.07, 6.45) is 8.02. The second kappa shape index (κ2) is 12.4. The fraction of sp³-hybridized carbons (Fsp3) is 0.615. The van der Waals surface area contributed by atoms with E-state index in [1.54, 1.807) is 25.4 Å². The quantitative estimate of drug-likeness (QED) is 0.506. The van der Waals surface area contributed by atoms with Gasteiger partial charge in [-0.05, 0) is 51.5 Å². The second-order valence-corrected chi connectivity index (χ2v) is 9.78. The van der Waals surface area contributed by atoms with Crippen molar-refractivity contribution < 1.29 is 18.6 Å². The average molecular weight is 499 g/mol. The van der Waals surface area contributed by atoms with Crippen molar-refractivity contribution in [3.63, 3.8) is 0 Å². The summed E-state index contributed by atoms with van der Waals surface area (Å²) >= 11 is 0. The third-order valence-electron chi connectivity index (χ3n) is 6.93. The van der Waals surface area contributed by atoms with Crippen molar-refractivity contribution in [3.8, 4) is 23.2 Å². The highest BCUT2D eigenvalue weighted by molar-refractivity contribution is 5.61. The minimum atomic E-state index is -0.594. The van der Waals surface area contributed by atoms with Gasteiger partial charge in [0.2, 0.25) is 11.8 Å². The molecule has 1 saturated carbocycles. The van der Waals surface area contributed by atoms with Crippen molar-refractivity contribution in [1.82, 2.24) is 20.3 Å². The number of rotatable bonds is 10. The van der Waals surface area contributed by atoms with Crippen molar-refractivity contribution in [1.29, 1.82) is 5.26 Å². The van der Waals surface area contributed by atoms with Gasteiger partial charge in [0.15, 0.2) is 5.82 Å². The van der Waals surface area contributed by atoms with E-state index < -0.39 is 11.2 Å². The number of nitrogens with one attached hydrogen (secondary N) is 2. The molecular formula is C26H35FN6O3. The van der Waals surface area contributed by atoms with Gasteiger partial charge in [-0.2, -0.15) is 5.26 Å². The lowest BCUT2D eigenvalue weighted by Crippen LogP contribution is -2.43. The first kappa shape index (κ1) is 26.2. The van der Waals surface area contributed by atoms with Crippen molar-refractivity contribution in [3.05, 3.63) is 30.3 Å². The maximum atomic E-state index is 14.7. The molecule has 2 N–H and O–H groups in total. The molecule has 0 amide bonds. The molecular weight excluding hydrogens is 463 g/mol. The zero-order valence-corrected chi connectivity index (χ0v) is 21.0. The number of hydrogen-bond acceptors (Lipinski definition) is 9. The third kappa shape index (κ3) is 6.87. The molecule has 4 rings (SSSR count). The maximum Gasteiger partial charge on any atom is 0.223 e. The summed E-state index contributed by atoms with van der Waals surface area (Å²) in [5.74, 6) is 0.214. The van der Waals surface area contributed by atoms with E-state index in [1.807, 2.05) is 0 Å². The smallest absolute Gasteiger partial charge is 0.223 e. The summed E-state index contributed by atoms with van der Waals surface area (Å²) in [5.41, 5.74) is 0.134. The van der Waals surface area contributed by atoms with E-state index in [2.05, 4.69) is 38.6 Å². The summed E-state index contributed by atoms with van der Waals surface area (Å²) in [5, 5.41) is 16.6. The van der Waals surface area contributed by atoms with Gasteiger partial charge < -0.3 is 24.8 Å². The number of nitriles is 1. The van der Waals surface area contributed by atoms with Crippen LogP contribution in [0.15, 0.2) is 24.5 Å². The van der Waals surface area contributed by atoms with E-state index in [-0.39, 0.29) is 18.3 Å². The van der Waals surface area contributed by atoms with Gasteiger partial charge in [0, 0.05) is 56.3 Å². The van der Waals surface area contributed by atoms with Crippen LogP contribution >= 0.6 is 0 Å². The van der Waals surface area contributed by atoms with Crippen LogP contribution in [-0.4, -0.2) is 66.6 Å². The lowest BCUT2D eigenvalue weighted by Gasteiger charge is -2.31. The number of pyridine rings is 1. The largest absolute Gasteiger partial charge is 0.476 e. The average Bonchev–Trinajstić information content (AvgIpc) is 2.90. The molecule has 0 aromatic carbocycles. The van der Waals surface area contributed by atoms with Gasteiger partial charge in [-0.15, -0.1) is 0 Å². The highest BCUT2D eigenvalue weighted by atomic mass is 19.1. The van der Waals surface area contributed by atoms with Crippen LogP contribution in [0.25, 0.3) is 11.3 Å². The zero-order chi connectivity index (χ0) is 25.4. The first-order chi connectivity index (χ1) is 17.5. The molecule has 1 aliphatic heterocycles. The maximum absolute atomic E-state index is 14.7. The van der Waals surface area contributed by atoms with Crippen LogP contribution in [-0.2, 0) is 9.47 Å². The van der Waals surface area contributed by atoms with Gasteiger partial charge in [0.05, 0.1) is 24.3 Å². The summed E-state index contributed by atoms with van der Waals surface area (Å²) in [6, 6.07) is 6.74. The molecule has 0 radical (unpaired) electrons.